The molecule has 0 aliphatic rings. The Labute approximate surface area is 77.7 Å². The van der Waals surface area contributed by atoms with Crippen LogP contribution in [0.4, 0.5) is 0 Å². The predicted molar refractivity (Wildman–Crippen MR) is 56.0 cm³/mol. The average Bonchev–Trinajstić information content (AvgIpc) is 1.98. The summed E-state index contributed by atoms with van der Waals surface area (Å²) in [5.41, 5.74) is 6.03. The van der Waals surface area contributed by atoms with E-state index in [0.29, 0.717) is 12.0 Å². The Balaban J connectivity index is 3.85. The maximum Gasteiger partial charge on any atom is 0.00646 e. The molecular weight excluding hydrogens is 146 g/mol. The summed E-state index contributed by atoms with van der Waals surface area (Å²) in [6.07, 6.45) is 2.45. The second-order valence-electron chi connectivity index (χ2n) is 4.56. The van der Waals surface area contributed by atoms with Crippen LogP contribution >= 0.6 is 0 Å². The molecule has 0 saturated carbocycles. The van der Waals surface area contributed by atoms with Crippen molar-refractivity contribution in [2.45, 2.75) is 53.5 Å². The highest BCUT2D eigenvalue weighted by atomic mass is 14.6. The molecule has 0 bridgehead atoms. The summed E-state index contributed by atoms with van der Waals surface area (Å²) in [7, 11) is 0. The molecule has 1 nitrogen and oxygen atoms in total. The van der Waals surface area contributed by atoms with E-state index in [9.17, 15) is 0 Å². The van der Waals surface area contributed by atoms with Gasteiger partial charge in [-0.15, -0.1) is 0 Å². The summed E-state index contributed by atoms with van der Waals surface area (Å²) in [6.45, 7) is 11.3. The number of hydrogen-bond donors (Lipinski definition) is 1. The molecule has 2 unspecified atom stereocenters. The molecule has 74 valence electrons. The smallest absolute Gasteiger partial charge is 0.00646 e. The fourth-order valence-electron chi connectivity index (χ4n) is 1.53. The van der Waals surface area contributed by atoms with E-state index in [2.05, 4.69) is 34.6 Å². The van der Waals surface area contributed by atoms with Crippen LogP contribution in [0.3, 0.4) is 0 Å². The lowest BCUT2D eigenvalue weighted by atomic mass is 9.84. The molecule has 0 aliphatic carbocycles. The fourth-order valence-corrected chi connectivity index (χ4v) is 1.53. The summed E-state index contributed by atoms with van der Waals surface area (Å²) in [5.74, 6) is 2.21. The zero-order valence-corrected chi connectivity index (χ0v) is 9.30. The minimum absolute atomic E-state index is 0.386. The lowest BCUT2D eigenvalue weighted by Gasteiger charge is -2.24. The Bertz CT molecular complexity index is 108. The zero-order valence-electron chi connectivity index (χ0n) is 9.30. The molecule has 12 heavy (non-hydrogen) atoms. The lowest BCUT2D eigenvalue weighted by Crippen LogP contribution is -2.30. The van der Waals surface area contributed by atoms with Crippen LogP contribution in [-0.4, -0.2) is 6.04 Å². The zero-order chi connectivity index (χ0) is 9.72. The van der Waals surface area contributed by atoms with Crippen LogP contribution in [0.5, 0.6) is 0 Å². The van der Waals surface area contributed by atoms with Crippen LogP contribution in [-0.2, 0) is 0 Å². The number of rotatable bonds is 5. The minimum atomic E-state index is 0.386. The van der Waals surface area contributed by atoms with E-state index in [1.54, 1.807) is 0 Å². The molecule has 0 amide bonds. The van der Waals surface area contributed by atoms with Crippen molar-refractivity contribution in [2.75, 3.05) is 0 Å². The van der Waals surface area contributed by atoms with Gasteiger partial charge < -0.3 is 5.73 Å². The largest absolute Gasteiger partial charge is 0.327 e. The van der Waals surface area contributed by atoms with Gasteiger partial charge in [0, 0.05) is 6.04 Å². The molecule has 1 heteroatoms. The van der Waals surface area contributed by atoms with E-state index in [4.69, 9.17) is 5.73 Å². The Morgan fingerprint density at radius 1 is 1.00 bits per heavy atom. The van der Waals surface area contributed by atoms with Crippen LogP contribution < -0.4 is 5.73 Å². The van der Waals surface area contributed by atoms with Gasteiger partial charge in [0.25, 0.3) is 0 Å². The molecule has 0 aromatic carbocycles. The highest BCUT2D eigenvalue weighted by molar-refractivity contribution is 4.72. The second-order valence-corrected chi connectivity index (χ2v) is 4.56. The molecule has 0 fully saturated rings. The Morgan fingerprint density at radius 2 is 1.50 bits per heavy atom. The first-order valence-electron chi connectivity index (χ1n) is 5.24. The molecule has 0 aromatic rings. The summed E-state index contributed by atoms with van der Waals surface area (Å²) in [6, 6.07) is 0.386. The van der Waals surface area contributed by atoms with Crippen molar-refractivity contribution in [1.29, 1.82) is 0 Å². The normalized spacial score (nSPS) is 17.0. The summed E-state index contributed by atoms with van der Waals surface area (Å²) in [5, 5.41) is 0. The van der Waals surface area contributed by atoms with E-state index < -0.39 is 0 Å². The van der Waals surface area contributed by atoms with Crippen LogP contribution in [0.15, 0.2) is 0 Å². The summed E-state index contributed by atoms with van der Waals surface area (Å²) >= 11 is 0. The van der Waals surface area contributed by atoms with Crippen LogP contribution in [0.1, 0.15) is 47.5 Å². The molecule has 0 aliphatic heterocycles. The van der Waals surface area contributed by atoms with Gasteiger partial charge in [-0.05, 0) is 24.2 Å². The first kappa shape index (κ1) is 12.0. The lowest BCUT2D eigenvalue weighted by molar-refractivity contribution is 0.295. The van der Waals surface area contributed by atoms with Crippen molar-refractivity contribution in [3.8, 4) is 0 Å². The van der Waals surface area contributed by atoms with Crippen molar-refractivity contribution in [3.05, 3.63) is 0 Å². The topological polar surface area (TPSA) is 26.0 Å². The molecule has 0 saturated heterocycles. The van der Waals surface area contributed by atoms with Gasteiger partial charge in [0.1, 0.15) is 0 Å². The number of nitrogens with two attached hydrogens (primary N) is 1. The van der Waals surface area contributed by atoms with Gasteiger partial charge >= 0.3 is 0 Å². The maximum atomic E-state index is 6.03. The average molecular weight is 171 g/mol. The van der Waals surface area contributed by atoms with Gasteiger partial charge in [0.05, 0.1) is 0 Å². The van der Waals surface area contributed by atoms with Gasteiger partial charge in [0.2, 0.25) is 0 Å². The first-order valence-corrected chi connectivity index (χ1v) is 5.24. The van der Waals surface area contributed by atoms with Gasteiger partial charge in [-0.3, -0.25) is 0 Å². The molecular formula is C11H25N. The third kappa shape index (κ3) is 4.10. The van der Waals surface area contributed by atoms with Gasteiger partial charge in [-0.2, -0.15) is 0 Å². The SMILES string of the molecule is CCC(CC(N)C(C)C)C(C)C. The summed E-state index contributed by atoms with van der Waals surface area (Å²) in [4.78, 5) is 0. The van der Waals surface area contributed by atoms with E-state index in [1.807, 2.05) is 0 Å². The van der Waals surface area contributed by atoms with Crippen LogP contribution in [0.25, 0.3) is 0 Å². The Morgan fingerprint density at radius 3 is 1.75 bits per heavy atom. The van der Waals surface area contributed by atoms with Gasteiger partial charge in [-0.25, -0.2) is 0 Å². The molecule has 0 radical (unpaired) electrons. The minimum Gasteiger partial charge on any atom is -0.327 e. The van der Waals surface area contributed by atoms with Gasteiger partial charge in [-0.1, -0.05) is 41.0 Å². The van der Waals surface area contributed by atoms with Gasteiger partial charge in [0.15, 0.2) is 0 Å². The highest BCUT2D eigenvalue weighted by Crippen LogP contribution is 2.22. The Kier molecular flexibility index (Phi) is 5.56. The second kappa shape index (κ2) is 5.58. The van der Waals surface area contributed by atoms with Crippen molar-refractivity contribution < 1.29 is 0 Å². The molecule has 0 spiro atoms. The van der Waals surface area contributed by atoms with E-state index >= 15 is 0 Å². The van der Waals surface area contributed by atoms with Crippen molar-refractivity contribution in [3.63, 3.8) is 0 Å². The van der Waals surface area contributed by atoms with E-state index in [1.165, 1.54) is 12.8 Å². The molecule has 2 atom stereocenters. The Hall–Kier alpha value is -0.0400. The molecule has 2 N–H and O–H groups in total. The first-order chi connectivity index (χ1) is 5.49. The molecule has 0 aromatic heterocycles. The van der Waals surface area contributed by atoms with Crippen molar-refractivity contribution in [2.24, 2.45) is 23.5 Å². The number of hydrogen-bond acceptors (Lipinski definition) is 1. The van der Waals surface area contributed by atoms with Crippen LogP contribution in [0, 0.1) is 17.8 Å². The quantitative estimate of drug-likeness (QED) is 0.676. The molecule has 0 heterocycles. The van der Waals surface area contributed by atoms with Crippen molar-refractivity contribution >= 4 is 0 Å². The third-order valence-corrected chi connectivity index (χ3v) is 2.90. The highest BCUT2D eigenvalue weighted by Gasteiger charge is 2.16. The monoisotopic (exact) mass is 171 g/mol. The summed E-state index contributed by atoms with van der Waals surface area (Å²) < 4.78 is 0. The van der Waals surface area contributed by atoms with E-state index in [-0.39, 0.29) is 0 Å². The molecule has 0 rings (SSSR count). The fraction of sp³-hybridized carbons (Fsp3) is 1.00. The predicted octanol–water partition coefficient (Wildman–Crippen LogP) is 3.04. The standard InChI is InChI=1S/C11H25N/c1-6-10(8(2)3)7-11(12)9(4)5/h8-11H,6-7,12H2,1-5H3. The van der Waals surface area contributed by atoms with Crippen LogP contribution in [0.2, 0.25) is 0 Å². The third-order valence-electron chi connectivity index (χ3n) is 2.90. The van der Waals surface area contributed by atoms with Crippen molar-refractivity contribution in [1.82, 2.24) is 0 Å². The van der Waals surface area contributed by atoms with E-state index in [0.717, 1.165) is 11.8 Å². The maximum absolute atomic E-state index is 6.03.